The van der Waals surface area contributed by atoms with Crippen LogP contribution >= 0.6 is 11.6 Å². The van der Waals surface area contributed by atoms with Gasteiger partial charge in [0.1, 0.15) is 22.8 Å². The van der Waals surface area contributed by atoms with E-state index in [4.69, 9.17) is 21.1 Å². The largest absolute Gasteiger partial charge is 0.510 e. The highest BCUT2D eigenvalue weighted by molar-refractivity contribution is 6.44. The van der Waals surface area contributed by atoms with Crippen molar-refractivity contribution in [2.45, 2.75) is 65.8 Å². The molecule has 1 N–H and O–H groups in total. The molecule has 0 bridgehead atoms. The molecule has 0 aromatic carbocycles. The Morgan fingerprint density at radius 2 is 1.69 bits per heavy atom. The molecular formula is C26H35ClO5. The van der Waals surface area contributed by atoms with Crippen LogP contribution in [0.2, 0.25) is 0 Å². The first-order valence-electron chi connectivity index (χ1n) is 11.5. The molecule has 0 radical (unpaired) electrons. The maximum Gasteiger partial charge on any atom is 0.317 e. The fraction of sp³-hybridized carbons (Fsp3) is 0.615. The van der Waals surface area contributed by atoms with Gasteiger partial charge in [0.2, 0.25) is 0 Å². The Morgan fingerprint density at radius 1 is 1.03 bits per heavy atom. The zero-order valence-electron chi connectivity index (χ0n) is 19.7. The normalized spacial score (nSPS) is 42.3. The van der Waals surface area contributed by atoms with Crippen LogP contribution in [0.4, 0.5) is 0 Å². The molecule has 1 aliphatic carbocycles. The van der Waals surface area contributed by atoms with Crippen molar-refractivity contribution in [3.05, 3.63) is 47.2 Å². The maximum absolute atomic E-state index is 13.0. The number of Topliss-reactive ketones (excluding diaryl/α,β-unsaturated/α-hetero) is 1. The van der Waals surface area contributed by atoms with E-state index in [2.05, 4.69) is 39.0 Å². The number of aliphatic hydroxyl groups excluding tert-OH is 1. The number of esters is 1. The molecule has 3 aliphatic rings. The van der Waals surface area contributed by atoms with E-state index in [1.165, 1.54) is 6.92 Å². The summed E-state index contributed by atoms with van der Waals surface area (Å²) in [5, 5.41) is 11.1. The molecule has 5 nitrogen and oxygen atoms in total. The van der Waals surface area contributed by atoms with Crippen LogP contribution in [0.25, 0.3) is 0 Å². The number of ether oxygens (including phenoxy) is 2. The van der Waals surface area contributed by atoms with Gasteiger partial charge in [0.05, 0.1) is 11.7 Å². The lowest BCUT2D eigenvalue weighted by Crippen LogP contribution is -2.51. The number of ketones is 1. The number of halogens is 1. The topological polar surface area (TPSA) is 72.8 Å². The predicted molar refractivity (Wildman–Crippen MR) is 125 cm³/mol. The Balaban J connectivity index is 2.11. The molecule has 6 heteroatoms. The second kappa shape index (κ2) is 9.56. The van der Waals surface area contributed by atoms with E-state index in [0.717, 1.165) is 6.42 Å². The van der Waals surface area contributed by atoms with Crippen LogP contribution in [0.15, 0.2) is 47.2 Å². The van der Waals surface area contributed by atoms with E-state index >= 15 is 0 Å². The Morgan fingerprint density at radius 3 is 2.38 bits per heavy atom. The number of fused-ring (bicyclic) bond motifs is 3. The van der Waals surface area contributed by atoms with Crippen LogP contribution in [0.3, 0.4) is 0 Å². The highest BCUT2D eigenvalue weighted by Gasteiger charge is 2.49. The number of allylic oxidation sites excluding steroid dienone is 7. The summed E-state index contributed by atoms with van der Waals surface area (Å²) in [5.41, 5.74) is -0.274. The molecule has 3 rings (SSSR count). The lowest BCUT2D eigenvalue weighted by atomic mass is 9.61. The first-order valence-corrected chi connectivity index (χ1v) is 11.8. The average Bonchev–Trinajstić information content (AvgIpc) is 2.72. The first kappa shape index (κ1) is 24.8. The summed E-state index contributed by atoms with van der Waals surface area (Å²) in [7, 11) is 0. The number of cyclic esters (lactones) is 1. The third-order valence-electron chi connectivity index (χ3n) is 7.00. The smallest absolute Gasteiger partial charge is 0.317 e. The van der Waals surface area contributed by atoms with Gasteiger partial charge >= 0.3 is 5.97 Å². The van der Waals surface area contributed by atoms with Gasteiger partial charge < -0.3 is 14.6 Å². The molecule has 2 heterocycles. The van der Waals surface area contributed by atoms with Gasteiger partial charge in [-0.1, -0.05) is 48.9 Å². The lowest BCUT2D eigenvalue weighted by Gasteiger charge is -2.51. The highest BCUT2D eigenvalue weighted by atomic mass is 35.5. The van der Waals surface area contributed by atoms with Crippen molar-refractivity contribution >= 4 is 23.4 Å². The van der Waals surface area contributed by atoms with Gasteiger partial charge in [-0.25, -0.2) is 0 Å². The monoisotopic (exact) mass is 462 g/mol. The van der Waals surface area contributed by atoms with Crippen molar-refractivity contribution in [2.24, 2.45) is 35.5 Å². The van der Waals surface area contributed by atoms with Crippen LogP contribution in [-0.2, 0) is 19.1 Å². The number of carbonyl (C=O) groups excluding carboxylic acids is 2. The molecule has 32 heavy (non-hydrogen) atoms. The Labute approximate surface area is 196 Å². The fourth-order valence-corrected chi connectivity index (χ4v) is 5.72. The van der Waals surface area contributed by atoms with Gasteiger partial charge in [-0.05, 0) is 64.9 Å². The lowest BCUT2D eigenvalue weighted by molar-refractivity contribution is -0.160. The third-order valence-corrected chi connectivity index (χ3v) is 7.38. The van der Waals surface area contributed by atoms with Crippen LogP contribution in [0, 0.1) is 35.5 Å². The van der Waals surface area contributed by atoms with Crippen molar-refractivity contribution in [2.75, 3.05) is 0 Å². The molecule has 0 spiro atoms. The summed E-state index contributed by atoms with van der Waals surface area (Å²) >= 11 is 6.46. The van der Waals surface area contributed by atoms with Gasteiger partial charge in [0.15, 0.2) is 5.78 Å². The van der Waals surface area contributed by atoms with Crippen LogP contribution in [0.1, 0.15) is 48.0 Å². The van der Waals surface area contributed by atoms with E-state index in [-0.39, 0.29) is 46.2 Å². The summed E-state index contributed by atoms with van der Waals surface area (Å²) in [6.45, 7) is 11.5. The third kappa shape index (κ3) is 5.04. The summed E-state index contributed by atoms with van der Waals surface area (Å²) in [4.78, 5) is 25.5. The van der Waals surface area contributed by atoms with E-state index in [0.29, 0.717) is 0 Å². The molecule has 1 saturated heterocycles. The minimum Gasteiger partial charge on any atom is -0.510 e. The Kier molecular flexibility index (Phi) is 7.41. The number of hydrogen-bond acceptors (Lipinski definition) is 5. The fourth-order valence-electron chi connectivity index (χ4n) is 5.43. The van der Waals surface area contributed by atoms with Crippen molar-refractivity contribution in [1.29, 1.82) is 0 Å². The van der Waals surface area contributed by atoms with Crippen molar-refractivity contribution < 1.29 is 24.2 Å². The molecule has 2 aliphatic heterocycles. The van der Waals surface area contributed by atoms with Gasteiger partial charge in [-0.15, -0.1) is 0 Å². The van der Waals surface area contributed by atoms with Gasteiger partial charge in [-0.3, -0.25) is 9.59 Å². The Hall–Kier alpha value is -1.85. The van der Waals surface area contributed by atoms with E-state index in [1.54, 1.807) is 13.0 Å². The summed E-state index contributed by atoms with van der Waals surface area (Å²) in [5.74, 6) is -2.80. The molecular weight excluding hydrogens is 428 g/mol. The zero-order valence-corrected chi connectivity index (χ0v) is 20.5. The number of carbonyl (C=O) groups is 2. The molecule has 0 amide bonds. The average molecular weight is 463 g/mol. The minimum atomic E-state index is -1.11. The van der Waals surface area contributed by atoms with Gasteiger partial charge in [0, 0.05) is 11.8 Å². The molecule has 0 aromatic heterocycles. The molecule has 1 fully saturated rings. The molecule has 8 atom stereocenters. The standard InChI is InChI=1S/C26H35ClO5/c1-14-9-7-8-10-15(2)31-25(30)16(3)23(28)22(27)24(29)21-19(14)12-11-18-13-26(5,6)32-17(4)20(18)21/h7-12,14-21,29H,13H2,1-6H3/b9-7-,10-8+,24-22?/t14-,15+,16+,17+,18-,19+,20-,21-/m1/s1. The van der Waals surface area contributed by atoms with Crippen LogP contribution in [-0.4, -0.2) is 34.7 Å². The van der Waals surface area contributed by atoms with E-state index in [1.807, 2.05) is 19.1 Å². The van der Waals surface area contributed by atoms with Crippen molar-refractivity contribution in [3.8, 4) is 0 Å². The molecule has 0 unspecified atom stereocenters. The second-order valence-corrected chi connectivity index (χ2v) is 10.5. The molecule has 176 valence electrons. The second-order valence-electron chi connectivity index (χ2n) is 10.1. The van der Waals surface area contributed by atoms with E-state index in [9.17, 15) is 14.7 Å². The van der Waals surface area contributed by atoms with Crippen molar-refractivity contribution in [1.82, 2.24) is 0 Å². The van der Waals surface area contributed by atoms with Crippen molar-refractivity contribution in [3.63, 3.8) is 0 Å². The number of aliphatic hydroxyl groups is 1. The number of rotatable bonds is 0. The summed E-state index contributed by atoms with van der Waals surface area (Å²) < 4.78 is 11.6. The van der Waals surface area contributed by atoms with E-state index < -0.39 is 29.7 Å². The molecule has 0 aromatic rings. The summed E-state index contributed by atoms with van der Waals surface area (Å²) in [6, 6.07) is 0. The van der Waals surface area contributed by atoms with Crippen LogP contribution < -0.4 is 0 Å². The quantitative estimate of drug-likeness (QED) is 0.291. The van der Waals surface area contributed by atoms with Gasteiger partial charge in [0.25, 0.3) is 0 Å². The predicted octanol–water partition coefficient (Wildman–Crippen LogP) is 5.52. The molecule has 0 saturated carbocycles. The maximum atomic E-state index is 13.0. The summed E-state index contributed by atoms with van der Waals surface area (Å²) in [6.07, 6.45) is 12.2. The minimum absolute atomic E-state index is 0.0406. The zero-order chi connectivity index (χ0) is 23.8. The number of hydrogen-bond donors (Lipinski definition) is 1. The SMILES string of the molecule is C[C@@H]1C(=O)O[C@@H](C)/C=C/C=C\[C@@H](C)[C@@H]2C=C[C@@H]3CC(C)(C)O[C@@H](C)[C@H]3[C@@H]2C(O)=C(Cl)C1=O. The first-order chi connectivity index (χ1) is 14.9. The Bertz CT molecular complexity index is 867. The van der Waals surface area contributed by atoms with Gasteiger partial charge in [-0.2, -0.15) is 0 Å². The van der Waals surface area contributed by atoms with Crippen LogP contribution in [0.5, 0.6) is 0 Å². The highest BCUT2D eigenvalue weighted by Crippen LogP contribution is 2.50.